The van der Waals surface area contributed by atoms with Crippen molar-refractivity contribution in [3.8, 4) is 0 Å². The van der Waals surface area contributed by atoms with Gasteiger partial charge in [-0.15, -0.1) is 0 Å². The van der Waals surface area contributed by atoms with Gasteiger partial charge >= 0.3 is 0 Å². The smallest absolute Gasteiger partial charge is 0.282 e. The fourth-order valence-electron chi connectivity index (χ4n) is 2.21. The van der Waals surface area contributed by atoms with E-state index in [-0.39, 0.29) is 18.0 Å². The number of hydrogen-bond acceptors (Lipinski definition) is 1. The summed E-state index contributed by atoms with van der Waals surface area (Å²) in [4.78, 5) is 12.2. The van der Waals surface area contributed by atoms with Crippen LogP contribution in [0.3, 0.4) is 0 Å². The summed E-state index contributed by atoms with van der Waals surface area (Å²) in [5, 5.41) is 5.55. The zero-order valence-electron chi connectivity index (χ0n) is 12.2. The molecule has 0 saturated carbocycles. The molecule has 0 saturated heterocycles. The van der Waals surface area contributed by atoms with E-state index in [0.29, 0.717) is 5.02 Å². The van der Waals surface area contributed by atoms with Crippen LogP contribution < -0.4 is 10.6 Å². The number of quaternary nitrogens is 1. The number of rotatable bonds is 5. The van der Waals surface area contributed by atoms with Crippen molar-refractivity contribution in [2.24, 2.45) is 0 Å². The lowest BCUT2D eigenvalue weighted by Gasteiger charge is -2.17. The van der Waals surface area contributed by atoms with Gasteiger partial charge in [-0.25, -0.2) is 0 Å². The van der Waals surface area contributed by atoms with E-state index in [9.17, 15) is 4.79 Å². The van der Waals surface area contributed by atoms with E-state index in [1.54, 1.807) is 12.1 Å². The highest BCUT2D eigenvalue weighted by Gasteiger charge is 2.20. The molecule has 3 N–H and O–H groups in total. The fourth-order valence-corrected chi connectivity index (χ4v) is 2.40. The topological polar surface area (TPSA) is 45.7 Å². The summed E-state index contributed by atoms with van der Waals surface area (Å²) in [5.74, 6) is -0.0277. The van der Waals surface area contributed by atoms with Crippen LogP contribution in [0.5, 0.6) is 0 Å². The molecule has 0 bridgehead atoms. The van der Waals surface area contributed by atoms with Crippen molar-refractivity contribution in [1.29, 1.82) is 0 Å². The molecule has 1 amide bonds. The van der Waals surface area contributed by atoms with E-state index in [0.717, 1.165) is 5.69 Å². The lowest BCUT2D eigenvalue weighted by molar-refractivity contribution is -0.709. The fraction of sp³-hybridized carbons (Fsp3) is 0.235. The molecule has 110 valence electrons. The Morgan fingerprint density at radius 1 is 1.10 bits per heavy atom. The number of amides is 1. The standard InChI is InChI=1S/C17H19ClN2O/c1-12(14-7-4-3-5-8-14)19-13(2)17(21)20-16-10-6-9-15(18)11-16/h3-13,19H,1-2H3,(H,20,21)/p+1/t12-,13-/m0/s1. The summed E-state index contributed by atoms with van der Waals surface area (Å²) < 4.78 is 0. The summed E-state index contributed by atoms with van der Waals surface area (Å²) in [6.07, 6.45) is 0. The molecular formula is C17H20ClN2O+. The largest absolute Gasteiger partial charge is 0.330 e. The number of benzene rings is 2. The molecule has 3 nitrogen and oxygen atoms in total. The van der Waals surface area contributed by atoms with Crippen molar-refractivity contribution < 1.29 is 10.1 Å². The molecule has 0 aliphatic rings. The molecule has 0 spiro atoms. The van der Waals surface area contributed by atoms with E-state index < -0.39 is 0 Å². The van der Waals surface area contributed by atoms with Crippen molar-refractivity contribution in [2.45, 2.75) is 25.9 Å². The summed E-state index contributed by atoms with van der Waals surface area (Å²) in [7, 11) is 0. The van der Waals surface area contributed by atoms with Crippen LogP contribution in [-0.4, -0.2) is 11.9 Å². The van der Waals surface area contributed by atoms with Crippen molar-refractivity contribution in [3.05, 3.63) is 65.2 Å². The van der Waals surface area contributed by atoms with Crippen molar-refractivity contribution in [3.63, 3.8) is 0 Å². The molecule has 0 fully saturated rings. The quantitative estimate of drug-likeness (QED) is 0.876. The van der Waals surface area contributed by atoms with E-state index in [1.807, 2.05) is 37.3 Å². The van der Waals surface area contributed by atoms with Gasteiger partial charge in [0.05, 0.1) is 0 Å². The maximum absolute atomic E-state index is 12.2. The average Bonchev–Trinajstić information content (AvgIpc) is 2.48. The third-order valence-corrected chi connectivity index (χ3v) is 3.64. The Morgan fingerprint density at radius 3 is 2.48 bits per heavy atom. The summed E-state index contributed by atoms with van der Waals surface area (Å²) >= 11 is 5.91. The Balaban J connectivity index is 1.93. The number of carbonyl (C=O) groups excluding carboxylic acids is 1. The second kappa shape index (κ2) is 7.25. The van der Waals surface area contributed by atoms with Crippen LogP contribution in [0.25, 0.3) is 0 Å². The molecule has 0 unspecified atom stereocenters. The number of halogens is 1. The second-order valence-electron chi connectivity index (χ2n) is 5.18. The lowest BCUT2D eigenvalue weighted by atomic mass is 10.1. The molecule has 2 aromatic rings. The zero-order valence-corrected chi connectivity index (χ0v) is 13.0. The van der Waals surface area contributed by atoms with E-state index in [2.05, 4.69) is 29.7 Å². The maximum atomic E-state index is 12.2. The molecule has 0 aromatic heterocycles. The number of anilines is 1. The van der Waals surface area contributed by atoms with Gasteiger partial charge in [0.15, 0.2) is 6.04 Å². The van der Waals surface area contributed by atoms with Crippen LogP contribution in [0.1, 0.15) is 25.5 Å². The van der Waals surface area contributed by atoms with Crippen molar-refractivity contribution in [1.82, 2.24) is 0 Å². The Bertz CT molecular complexity index is 601. The first-order valence-electron chi connectivity index (χ1n) is 7.02. The van der Waals surface area contributed by atoms with Gasteiger partial charge in [0.25, 0.3) is 5.91 Å². The average molecular weight is 304 g/mol. The summed E-state index contributed by atoms with van der Waals surface area (Å²) in [6, 6.07) is 17.4. The maximum Gasteiger partial charge on any atom is 0.282 e. The van der Waals surface area contributed by atoms with Gasteiger partial charge in [-0.1, -0.05) is 48.0 Å². The van der Waals surface area contributed by atoms with Gasteiger partial charge in [0.1, 0.15) is 6.04 Å². The predicted octanol–water partition coefficient (Wildman–Crippen LogP) is 2.99. The van der Waals surface area contributed by atoms with Gasteiger partial charge < -0.3 is 10.6 Å². The normalized spacial score (nSPS) is 13.5. The van der Waals surface area contributed by atoms with Crippen LogP contribution in [0, 0.1) is 0 Å². The van der Waals surface area contributed by atoms with E-state index in [1.165, 1.54) is 5.56 Å². The van der Waals surface area contributed by atoms with Gasteiger partial charge in [-0.3, -0.25) is 4.79 Å². The highest BCUT2D eigenvalue weighted by molar-refractivity contribution is 6.30. The number of nitrogens with one attached hydrogen (secondary N) is 1. The third kappa shape index (κ3) is 4.59. The SMILES string of the molecule is C[C@H]([NH2+][C@@H](C)c1ccccc1)C(=O)Nc1cccc(Cl)c1. The Morgan fingerprint density at radius 2 is 1.81 bits per heavy atom. The molecular weight excluding hydrogens is 284 g/mol. The number of carbonyl (C=O) groups is 1. The van der Waals surface area contributed by atoms with Crippen molar-refractivity contribution >= 4 is 23.2 Å². The van der Waals surface area contributed by atoms with Crippen LogP contribution in [0.2, 0.25) is 5.02 Å². The van der Waals surface area contributed by atoms with Gasteiger partial charge in [0, 0.05) is 16.3 Å². The molecule has 2 atom stereocenters. The Hall–Kier alpha value is -1.84. The minimum absolute atomic E-state index is 0.0277. The van der Waals surface area contributed by atoms with E-state index in [4.69, 9.17) is 11.6 Å². The minimum Gasteiger partial charge on any atom is -0.330 e. The molecule has 2 rings (SSSR count). The van der Waals surface area contributed by atoms with Crippen molar-refractivity contribution in [2.75, 3.05) is 5.32 Å². The second-order valence-corrected chi connectivity index (χ2v) is 5.62. The first kappa shape index (κ1) is 15.5. The zero-order chi connectivity index (χ0) is 15.2. The molecule has 0 aliphatic heterocycles. The number of nitrogens with two attached hydrogens (primary N) is 1. The van der Waals surface area contributed by atoms with E-state index >= 15 is 0 Å². The molecule has 4 heteroatoms. The first-order valence-corrected chi connectivity index (χ1v) is 7.40. The Kier molecular flexibility index (Phi) is 5.37. The molecule has 21 heavy (non-hydrogen) atoms. The van der Waals surface area contributed by atoms with Crippen LogP contribution >= 0.6 is 11.6 Å². The van der Waals surface area contributed by atoms with Crippen LogP contribution in [0.15, 0.2) is 54.6 Å². The molecule has 0 heterocycles. The van der Waals surface area contributed by atoms with Gasteiger partial charge in [-0.05, 0) is 32.0 Å². The van der Waals surface area contributed by atoms with Crippen LogP contribution in [-0.2, 0) is 4.79 Å². The molecule has 0 aliphatic carbocycles. The predicted molar refractivity (Wildman–Crippen MR) is 86.3 cm³/mol. The Labute approximate surface area is 130 Å². The highest BCUT2D eigenvalue weighted by atomic mass is 35.5. The third-order valence-electron chi connectivity index (χ3n) is 3.41. The monoisotopic (exact) mass is 303 g/mol. The van der Waals surface area contributed by atoms with Crippen LogP contribution in [0.4, 0.5) is 5.69 Å². The van der Waals surface area contributed by atoms with Gasteiger partial charge in [-0.2, -0.15) is 0 Å². The first-order chi connectivity index (χ1) is 10.1. The molecule has 0 radical (unpaired) electrons. The van der Waals surface area contributed by atoms with Gasteiger partial charge in [0.2, 0.25) is 0 Å². The highest BCUT2D eigenvalue weighted by Crippen LogP contribution is 2.15. The number of hydrogen-bond donors (Lipinski definition) is 2. The summed E-state index contributed by atoms with van der Waals surface area (Å²) in [6.45, 7) is 4.00. The lowest BCUT2D eigenvalue weighted by Crippen LogP contribution is -2.91. The molecule has 2 aromatic carbocycles. The minimum atomic E-state index is -0.181. The summed E-state index contributed by atoms with van der Waals surface area (Å²) in [5.41, 5.74) is 1.93.